The number of aliphatic imine (C=N–C) groups is 1. The second-order valence-corrected chi connectivity index (χ2v) is 6.28. The number of nitrogens with two attached hydrogens (primary N) is 1. The molecule has 1 aromatic rings. The Kier molecular flexibility index (Phi) is 6.52. The van der Waals surface area contributed by atoms with E-state index in [9.17, 15) is 0 Å². The summed E-state index contributed by atoms with van der Waals surface area (Å²) in [6.45, 7) is 2.78. The molecule has 1 aliphatic heterocycles. The maximum atomic E-state index is 6.21. The van der Waals surface area contributed by atoms with Gasteiger partial charge >= 0.3 is 0 Å². The van der Waals surface area contributed by atoms with E-state index in [0.717, 1.165) is 25.9 Å². The number of nitrogens with zero attached hydrogens (tertiary/aromatic N) is 4. The first-order chi connectivity index (χ1) is 10.3. The minimum atomic E-state index is 0. The van der Waals surface area contributed by atoms with Crippen LogP contribution in [-0.4, -0.2) is 33.7 Å². The molecular formula is C16H28IN5. The summed E-state index contributed by atoms with van der Waals surface area (Å²) in [5.41, 5.74) is 10.2. The summed E-state index contributed by atoms with van der Waals surface area (Å²) < 4.78 is 2.01. The van der Waals surface area contributed by atoms with Gasteiger partial charge in [0, 0.05) is 20.1 Å². The van der Waals surface area contributed by atoms with Crippen LogP contribution in [0.15, 0.2) is 4.99 Å². The van der Waals surface area contributed by atoms with Gasteiger partial charge in [-0.3, -0.25) is 4.68 Å². The molecule has 0 bridgehead atoms. The highest BCUT2D eigenvalue weighted by atomic mass is 127. The molecule has 0 aromatic carbocycles. The highest BCUT2D eigenvalue weighted by molar-refractivity contribution is 14.0. The normalized spacial score (nSPS) is 19.3. The molecule has 1 saturated heterocycles. The van der Waals surface area contributed by atoms with Crippen molar-refractivity contribution in [3.63, 3.8) is 0 Å². The summed E-state index contributed by atoms with van der Waals surface area (Å²) in [7, 11) is 2.03. The highest BCUT2D eigenvalue weighted by Crippen LogP contribution is 2.24. The minimum absolute atomic E-state index is 0. The molecule has 124 valence electrons. The molecule has 6 heteroatoms. The summed E-state index contributed by atoms with van der Waals surface area (Å²) >= 11 is 0. The Hall–Kier alpha value is -0.790. The Morgan fingerprint density at radius 2 is 1.77 bits per heavy atom. The molecule has 2 heterocycles. The van der Waals surface area contributed by atoms with E-state index in [1.165, 1.54) is 55.5 Å². The number of likely N-dealkylation sites (tertiary alicyclic amines) is 1. The van der Waals surface area contributed by atoms with Gasteiger partial charge in [-0.05, 0) is 44.1 Å². The molecule has 22 heavy (non-hydrogen) atoms. The predicted molar refractivity (Wildman–Crippen MR) is 101 cm³/mol. The second kappa shape index (κ2) is 8.17. The maximum Gasteiger partial charge on any atom is 0.191 e. The first-order valence-electron chi connectivity index (χ1n) is 8.34. The SMILES string of the molecule is Cn1nc2c(c1CN=C(N)N1CCCCCC1)CCCC2.I. The van der Waals surface area contributed by atoms with Gasteiger partial charge in [0.25, 0.3) is 0 Å². The number of aromatic nitrogens is 2. The Morgan fingerprint density at radius 3 is 2.50 bits per heavy atom. The van der Waals surface area contributed by atoms with E-state index < -0.39 is 0 Å². The molecule has 2 aliphatic rings. The van der Waals surface area contributed by atoms with Crippen molar-refractivity contribution < 1.29 is 0 Å². The van der Waals surface area contributed by atoms with Gasteiger partial charge in [0.15, 0.2) is 5.96 Å². The minimum Gasteiger partial charge on any atom is -0.370 e. The predicted octanol–water partition coefficient (Wildman–Crippen LogP) is 2.61. The van der Waals surface area contributed by atoms with Gasteiger partial charge in [0.05, 0.1) is 17.9 Å². The number of rotatable bonds is 2. The standard InChI is InChI=1S/C16H27N5.HI/c1-20-15(13-8-4-5-9-14(13)19-20)12-18-16(17)21-10-6-2-3-7-11-21;/h2-12H2,1H3,(H2,17,18);1H. The van der Waals surface area contributed by atoms with Gasteiger partial charge in [0.1, 0.15) is 0 Å². The van der Waals surface area contributed by atoms with Gasteiger partial charge < -0.3 is 10.6 Å². The summed E-state index contributed by atoms with van der Waals surface area (Å²) in [6, 6.07) is 0. The topological polar surface area (TPSA) is 59.4 Å². The molecule has 1 aliphatic carbocycles. The zero-order chi connectivity index (χ0) is 14.7. The van der Waals surface area contributed by atoms with E-state index in [0.29, 0.717) is 12.5 Å². The van der Waals surface area contributed by atoms with Crippen LogP contribution in [0.2, 0.25) is 0 Å². The zero-order valence-corrected chi connectivity index (χ0v) is 15.9. The zero-order valence-electron chi connectivity index (χ0n) is 13.6. The summed E-state index contributed by atoms with van der Waals surface area (Å²) in [6.07, 6.45) is 9.92. The van der Waals surface area contributed by atoms with Gasteiger partial charge in [0.2, 0.25) is 0 Å². The summed E-state index contributed by atoms with van der Waals surface area (Å²) in [5, 5.41) is 4.65. The number of fused-ring (bicyclic) bond motifs is 1. The van der Waals surface area contributed by atoms with Crippen molar-refractivity contribution in [2.24, 2.45) is 17.8 Å². The maximum absolute atomic E-state index is 6.21. The number of hydrogen-bond donors (Lipinski definition) is 1. The average Bonchev–Trinajstić information content (AvgIpc) is 2.68. The van der Waals surface area contributed by atoms with E-state index in [1.54, 1.807) is 0 Å². The third-order valence-corrected chi connectivity index (χ3v) is 4.77. The Morgan fingerprint density at radius 1 is 1.09 bits per heavy atom. The van der Waals surface area contributed by atoms with E-state index in [1.807, 2.05) is 11.7 Å². The Bertz CT molecular complexity index is 515. The number of hydrogen-bond acceptors (Lipinski definition) is 2. The molecule has 1 fully saturated rings. The lowest BCUT2D eigenvalue weighted by atomic mass is 9.96. The van der Waals surface area contributed by atoms with Crippen LogP contribution in [-0.2, 0) is 26.4 Å². The fraction of sp³-hybridized carbons (Fsp3) is 0.750. The van der Waals surface area contributed by atoms with Crippen molar-refractivity contribution in [2.75, 3.05) is 13.1 Å². The third kappa shape index (κ3) is 3.94. The van der Waals surface area contributed by atoms with Crippen molar-refractivity contribution in [1.82, 2.24) is 14.7 Å². The van der Waals surface area contributed by atoms with E-state index in [4.69, 9.17) is 5.73 Å². The molecule has 0 spiro atoms. The lowest BCUT2D eigenvalue weighted by molar-refractivity contribution is 0.428. The molecule has 0 atom stereocenters. The number of aryl methyl sites for hydroxylation is 2. The van der Waals surface area contributed by atoms with Crippen LogP contribution < -0.4 is 5.73 Å². The van der Waals surface area contributed by atoms with Crippen molar-refractivity contribution in [3.8, 4) is 0 Å². The Balaban J connectivity index is 0.00000176. The monoisotopic (exact) mass is 417 g/mol. The fourth-order valence-electron chi connectivity index (χ4n) is 3.50. The first kappa shape index (κ1) is 17.6. The van der Waals surface area contributed by atoms with E-state index in [-0.39, 0.29) is 24.0 Å². The molecule has 0 radical (unpaired) electrons. The van der Waals surface area contributed by atoms with E-state index >= 15 is 0 Å². The molecule has 3 rings (SSSR count). The third-order valence-electron chi connectivity index (χ3n) is 4.77. The Labute approximate surface area is 150 Å². The van der Waals surface area contributed by atoms with Crippen LogP contribution in [0.4, 0.5) is 0 Å². The number of halogens is 1. The van der Waals surface area contributed by atoms with Gasteiger partial charge in [-0.15, -0.1) is 24.0 Å². The molecule has 0 saturated carbocycles. The van der Waals surface area contributed by atoms with Crippen LogP contribution in [0.5, 0.6) is 0 Å². The number of guanidine groups is 1. The lowest BCUT2D eigenvalue weighted by Crippen LogP contribution is -2.38. The van der Waals surface area contributed by atoms with Gasteiger partial charge in [-0.2, -0.15) is 5.10 Å². The van der Waals surface area contributed by atoms with Crippen LogP contribution >= 0.6 is 24.0 Å². The molecule has 0 unspecified atom stereocenters. The average molecular weight is 417 g/mol. The molecular weight excluding hydrogens is 389 g/mol. The van der Waals surface area contributed by atoms with Gasteiger partial charge in [-0.1, -0.05) is 12.8 Å². The largest absolute Gasteiger partial charge is 0.370 e. The van der Waals surface area contributed by atoms with Crippen molar-refractivity contribution in [3.05, 3.63) is 17.0 Å². The van der Waals surface area contributed by atoms with Crippen molar-refractivity contribution >= 4 is 29.9 Å². The molecule has 1 aromatic heterocycles. The first-order valence-corrected chi connectivity index (χ1v) is 8.34. The summed E-state index contributed by atoms with van der Waals surface area (Å²) in [5.74, 6) is 0.711. The van der Waals surface area contributed by atoms with Crippen molar-refractivity contribution in [1.29, 1.82) is 0 Å². The smallest absolute Gasteiger partial charge is 0.191 e. The van der Waals surface area contributed by atoms with E-state index in [2.05, 4.69) is 15.0 Å². The fourth-order valence-corrected chi connectivity index (χ4v) is 3.50. The van der Waals surface area contributed by atoms with Gasteiger partial charge in [-0.25, -0.2) is 4.99 Å². The van der Waals surface area contributed by atoms with Crippen LogP contribution in [0.1, 0.15) is 55.5 Å². The quantitative estimate of drug-likeness (QED) is 0.457. The van der Waals surface area contributed by atoms with Crippen LogP contribution in [0, 0.1) is 0 Å². The lowest BCUT2D eigenvalue weighted by Gasteiger charge is -2.21. The highest BCUT2D eigenvalue weighted by Gasteiger charge is 2.19. The molecule has 2 N–H and O–H groups in total. The second-order valence-electron chi connectivity index (χ2n) is 6.28. The van der Waals surface area contributed by atoms with Crippen molar-refractivity contribution in [2.45, 2.75) is 57.9 Å². The summed E-state index contributed by atoms with van der Waals surface area (Å²) in [4.78, 5) is 6.91. The van der Waals surface area contributed by atoms with Crippen LogP contribution in [0.3, 0.4) is 0 Å². The molecule has 5 nitrogen and oxygen atoms in total. The molecule has 0 amide bonds. The van der Waals surface area contributed by atoms with Crippen LogP contribution in [0.25, 0.3) is 0 Å².